The van der Waals surface area contributed by atoms with Crippen molar-refractivity contribution in [3.05, 3.63) is 23.8 Å². The molecule has 0 aliphatic rings. The molecule has 0 unspecified atom stereocenters. The van der Waals surface area contributed by atoms with Crippen LogP contribution in [-0.4, -0.2) is 11.0 Å². The van der Waals surface area contributed by atoms with Crippen LogP contribution in [-0.2, 0) is 4.79 Å². The lowest BCUT2D eigenvalue weighted by Crippen LogP contribution is -2.10. The number of benzene rings is 1. The first-order valence-corrected chi connectivity index (χ1v) is 4.10. The van der Waals surface area contributed by atoms with Crippen LogP contribution in [0.1, 0.15) is 12.0 Å². The third-order valence-corrected chi connectivity index (χ3v) is 1.67. The van der Waals surface area contributed by atoms with Gasteiger partial charge in [-0.1, -0.05) is 6.07 Å². The number of nitriles is 1. The van der Waals surface area contributed by atoms with Crippen molar-refractivity contribution in [2.75, 3.05) is 5.32 Å². The van der Waals surface area contributed by atoms with Gasteiger partial charge in [0.15, 0.2) is 0 Å². The second-order valence-electron chi connectivity index (χ2n) is 2.90. The van der Waals surface area contributed by atoms with Gasteiger partial charge in [0.1, 0.15) is 12.2 Å². The van der Waals surface area contributed by atoms with Gasteiger partial charge in [-0.3, -0.25) is 4.79 Å². The van der Waals surface area contributed by atoms with Gasteiger partial charge in [-0.15, -0.1) is 0 Å². The summed E-state index contributed by atoms with van der Waals surface area (Å²) in [5, 5.41) is 20.1. The molecule has 4 heteroatoms. The van der Waals surface area contributed by atoms with E-state index in [0.29, 0.717) is 5.69 Å². The van der Waals surface area contributed by atoms with Gasteiger partial charge in [-0.25, -0.2) is 0 Å². The first-order chi connectivity index (χ1) is 6.63. The van der Waals surface area contributed by atoms with Crippen molar-refractivity contribution in [1.29, 1.82) is 5.26 Å². The summed E-state index contributed by atoms with van der Waals surface area (Å²) in [4.78, 5) is 11.0. The van der Waals surface area contributed by atoms with Gasteiger partial charge in [-0.2, -0.15) is 5.26 Å². The molecule has 1 rings (SSSR count). The summed E-state index contributed by atoms with van der Waals surface area (Å²) in [6.45, 7) is 1.83. The Morgan fingerprint density at radius 1 is 1.64 bits per heavy atom. The first-order valence-electron chi connectivity index (χ1n) is 4.10. The molecule has 0 aliphatic heterocycles. The number of phenols is 1. The molecule has 0 saturated carbocycles. The van der Waals surface area contributed by atoms with Gasteiger partial charge < -0.3 is 10.4 Å². The van der Waals surface area contributed by atoms with Crippen LogP contribution in [0.25, 0.3) is 0 Å². The topological polar surface area (TPSA) is 73.1 Å². The molecule has 0 saturated heterocycles. The summed E-state index contributed by atoms with van der Waals surface area (Å²) in [5.74, 6) is -0.414. The van der Waals surface area contributed by atoms with Crippen LogP contribution in [0, 0.1) is 18.3 Å². The summed E-state index contributed by atoms with van der Waals surface area (Å²) < 4.78 is 0. The number of amides is 1. The van der Waals surface area contributed by atoms with Crippen molar-refractivity contribution in [1.82, 2.24) is 0 Å². The van der Waals surface area contributed by atoms with Crippen LogP contribution in [0.2, 0.25) is 0 Å². The van der Waals surface area contributed by atoms with Crippen molar-refractivity contribution >= 4 is 11.6 Å². The van der Waals surface area contributed by atoms with E-state index in [0.717, 1.165) is 5.56 Å². The zero-order valence-electron chi connectivity index (χ0n) is 7.74. The molecule has 0 spiro atoms. The highest BCUT2D eigenvalue weighted by atomic mass is 16.3. The Bertz CT molecular complexity index is 394. The Kier molecular flexibility index (Phi) is 3.08. The zero-order valence-corrected chi connectivity index (χ0v) is 7.74. The Balaban J connectivity index is 2.78. The van der Waals surface area contributed by atoms with Crippen LogP contribution in [0.5, 0.6) is 5.75 Å². The average Bonchev–Trinajstić information content (AvgIpc) is 2.10. The highest BCUT2D eigenvalue weighted by Gasteiger charge is 2.05. The molecule has 1 aromatic rings. The van der Waals surface area contributed by atoms with Crippen molar-refractivity contribution in [2.45, 2.75) is 13.3 Å². The van der Waals surface area contributed by atoms with Gasteiger partial charge in [0.25, 0.3) is 0 Å². The molecule has 0 heterocycles. The number of nitrogens with one attached hydrogen (secondary N) is 1. The maximum Gasteiger partial charge on any atom is 0.238 e. The van der Waals surface area contributed by atoms with Gasteiger partial charge >= 0.3 is 0 Å². The minimum atomic E-state index is -0.424. The minimum Gasteiger partial charge on any atom is -0.506 e. The van der Waals surface area contributed by atoms with Crippen LogP contribution < -0.4 is 5.32 Å². The van der Waals surface area contributed by atoms with Crippen molar-refractivity contribution in [3.8, 4) is 11.8 Å². The number of carbonyl (C=O) groups excluding carboxylic acids is 1. The fourth-order valence-corrected chi connectivity index (χ4v) is 1.01. The lowest BCUT2D eigenvalue weighted by molar-refractivity contribution is -0.115. The van der Waals surface area contributed by atoms with E-state index < -0.39 is 5.91 Å². The molecule has 72 valence electrons. The molecule has 1 amide bonds. The van der Waals surface area contributed by atoms with E-state index in [9.17, 15) is 9.90 Å². The van der Waals surface area contributed by atoms with Crippen LogP contribution in [0.15, 0.2) is 18.2 Å². The quantitative estimate of drug-likeness (QED) is 0.695. The predicted molar refractivity (Wildman–Crippen MR) is 51.7 cm³/mol. The van der Waals surface area contributed by atoms with Crippen LogP contribution in [0.3, 0.4) is 0 Å². The first kappa shape index (κ1) is 10.1. The van der Waals surface area contributed by atoms with Gasteiger partial charge in [-0.05, 0) is 24.6 Å². The zero-order chi connectivity index (χ0) is 10.6. The molecule has 1 aromatic carbocycles. The number of aromatic hydroxyl groups is 1. The van der Waals surface area contributed by atoms with E-state index in [-0.39, 0.29) is 12.2 Å². The largest absolute Gasteiger partial charge is 0.506 e. The van der Waals surface area contributed by atoms with Gasteiger partial charge in [0, 0.05) is 0 Å². The Morgan fingerprint density at radius 2 is 2.36 bits per heavy atom. The Morgan fingerprint density at radius 3 is 2.93 bits per heavy atom. The summed E-state index contributed by atoms with van der Waals surface area (Å²) in [6.07, 6.45) is -0.215. The molecule has 0 fully saturated rings. The number of carbonyl (C=O) groups is 1. The van der Waals surface area contributed by atoms with Crippen LogP contribution in [0.4, 0.5) is 5.69 Å². The molecule has 0 radical (unpaired) electrons. The minimum absolute atomic E-state index is 0.0105. The van der Waals surface area contributed by atoms with E-state index in [1.165, 1.54) is 0 Å². The summed E-state index contributed by atoms with van der Waals surface area (Å²) in [7, 11) is 0. The summed E-state index contributed by atoms with van der Waals surface area (Å²) in [6, 6.07) is 6.63. The second kappa shape index (κ2) is 4.28. The third kappa shape index (κ3) is 2.49. The fraction of sp³-hybridized carbons (Fsp3) is 0.200. The van der Waals surface area contributed by atoms with Gasteiger partial charge in [0.2, 0.25) is 5.91 Å². The number of anilines is 1. The highest BCUT2D eigenvalue weighted by Crippen LogP contribution is 2.23. The van der Waals surface area contributed by atoms with Crippen molar-refractivity contribution in [3.63, 3.8) is 0 Å². The summed E-state index contributed by atoms with van der Waals surface area (Å²) >= 11 is 0. The molecular weight excluding hydrogens is 180 g/mol. The molecule has 0 atom stereocenters. The average molecular weight is 190 g/mol. The van der Waals surface area contributed by atoms with E-state index >= 15 is 0 Å². The Hall–Kier alpha value is -2.02. The van der Waals surface area contributed by atoms with E-state index in [1.807, 2.05) is 6.92 Å². The second-order valence-corrected chi connectivity index (χ2v) is 2.90. The molecule has 4 nitrogen and oxygen atoms in total. The van der Waals surface area contributed by atoms with Crippen molar-refractivity contribution in [2.24, 2.45) is 0 Å². The smallest absolute Gasteiger partial charge is 0.238 e. The van der Waals surface area contributed by atoms with Gasteiger partial charge in [0.05, 0.1) is 11.8 Å². The Labute approximate surface area is 81.8 Å². The molecule has 0 aliphatic carbocycles. The summed E-state index contributed by atoms with van der Waals surface area (Å²) in [5.41, 5.74) is 1.23. The molecule has 0 bridgehead atoms. The third-order valence-electron chi connectivity index (χ3n) is 1.67. The number of rotatable bonds is 2. The highest BCUT2D eigenvalue weighted by molar-refractivity contribution is 5.93. The normalized spacial score (nSPS) is 9.14. The van der Waals surface area contributed by atoms with E-state index in [4.69, 9.17) is 5.26 Å². The number of nitrogens with zero attached hydrogens (tertiary/aromatic N) is 1. The van der Waals surface area contributed by atoms with E-state index in [2.05, 4.69) is 5.32 Å². The number of aryl methyl sites for hydroxylation is 1. The number of phenolic OH excluding ortho intramolecular Hbond substituents is 1. The standard InChI is InChI=1S/C10H10N2O2/c1-7-2-3-8(9(13)6-7)12-10(14)4-5-11/h2-3,6,13H,4H2,1H3,(H,12,14). The maximum atomic E-state index is 11.0. The van der Waals surface area contributed by atoms with E-state index in [1.54, 1.807) is 24.3 Å². The fourth-order valence-electron chi connectivity index (χ4n) is 1.01. The van der Waals surface area contributed by atoms with Crippen molar-refractivity contribution < 1.29 is 9.90 Å². The number of hydrogen-bond donors (Lipinski definition) is 2. The molecule has 0 aromatic heterocycles. The molecule has 14 heavy (non-hydrogen) atoms. The lowest BCUT2D eigenvalue weighted by atomic mass is 10.2. The monoisotopic (exact) mass is 190 g/mol. The predicted octanol–water partition coefficient (Wildman–Crippen LogP) is 1.55. The number of hydrogen-bond acceptors (Lipinski definition) is 3. The SMILES string of the molecule is Cc1ccc(NC(=O)CC#N)c(O)c1. The molecular formula is C10H10N2O2. The molecule has 2 N–H and O–H groups in total. The van der Waals surface area contributed by atoms with Crippen LogP contribution >= 0.6 is 0 Å². The maximum absolute atomic E-state index is 11.0. The lowest BCUT2D eigenvalue weighted by Gasteiger charge is -2.05.